The first-order valence-corrected chi connectivity index (χ1v) is 7.26. The average Bonchev–Trinajstić information content (AvgIpc) is 2.80. The molecular weight excluding hydrogens is 270 g/mol. The first-order valence-electron chi connectivity index (χ1n) is 7.26. The maximum atomic E-state index is 12.0. The molecule has 0 radical (unpaired) electrons. The summed E-state index contributed by atoms with van der Waals surface area (Å²) < 4.78 is 0. The van der Waals surface area contributed by atoms with E-state index < -0.39 is 4.92 Å². The van der Waals surface area contributed by atoms with Crippen LogP contribution < -0.4 is 5.32 Å². The van der Waals surface area contributed by atoms with E-state index in [1.54, 1.807) is 12.1 Å². The number of carbonyl (C=O) groups excluding carboxylic acids is 1. The molecule has 1 atom stereocenters. The summed E-state index contributed by atoms with van der Waals surface area (Å²) in [5.74, 6) is 0.704. The lowest BCUT2D eigenvalue weighted by atomic mass is 10.1. The number of hydrogen-bond donors (Lipinski definition) is 1. The highest BCUT2D eigenvalue weighted by Gasteiger charge is 2.31. The fourth-order valence-corrected chi connectivity index (χ4v) is 2.54. The monoisotopic (exact) mass is 291 g/mol. The molecule has 21 heavy (non-hydrogen) atoms. The third-order valence-corrected chi connectivity index (χ3v) is 3.68. The second-order valence-corrected chi connectivity index (χ2v) is 5.76. The molecule has 0 aromatic heterocycles. The van der Waals surface area contributed by atoms with Gasteiger partial charge in [0, 0.05) is 18.7 Å². The summed E-state index contributed by atoms with van der Waals surface area (Å²) in [5.41, 5.74) is 0.949. The summed E-state index contributed by atoms with van der Waals surface area (Å²) >= 11 is 0. The fourth-order valence-electron chi connectivity index (χ4n) is 2.54. The van der Waals surface area contributed by atoms with Crippen LogP contribution in [-0.4, -0.2) is 28.8 Å². The molecule has 1 aliphatic rings. The summed E-state index contributed by atoms with van der Waals surface area (Å²) in [6.45, 7) is 5.37. The van der Waals surface area contributed by atoms with Gasteiger partial charge in [0.2, 0.25) is 5.91 Å². The van der Waals surface area contributed by atoms with E-state index in [1.165, 1.54) is 12.1 Å². The van der Waals surface area contributed by atoms with Crippen molar-refractivity contribution in [3.8, 4) is 0 Å². The zero-order valence-corrected chi connectivity index (χ0v) is 12.4. The van der Waals surface area contributed by atoms with Crippen LogP contribution in [-0.2, 0) is 4.79 Å². The SMILES string of the molecule is CC(C)CCCN1C(=O)CNC1c1ccc([N+](=O)[O-])cc1. The Hall–Kier alpha value is -1.95. The van der Waals surface area contributed by atoms with Crippen molar-refractivity contribution in [2.75, 3.05) is 13.1 Å². The molecule has 1 saturated heterocycles. The van der Waals surface area contributed by atoms with Gasteiger partial charge in [0.05, 0.1) is 11.5 Å². The lowest BCUT2D eigenvalue weighted by molar-refractivity contribution is -0.384. The Bertz CT molecular complexity index is 513. The van der Waals surface area contributed by atoms with Gasteiger partial charge in [0.15, 0.2) is 0 Å². The van der Waals surface area contributed by atoms with Crippen LogP contribution in [0.5, 0.6) is 0 Å². The third kappa shape index (κ3) is 3.78. The van der Waals surface area contributed by atoms with Gasteiger partial charge in [0.25, 0.3) is 5.69 Å². The first kappa shape index (κ1) is 15.4. The lowest BCUT2D eigenvalue weighted by Gasteiger charge is -2.25. The maximum Gasteiger partial charge on any atom is 0.269 e. The number of hydrogen-bond acceptors (Lipinski definition) is 4. The maximum absolute atomic E-state index is 12.0. The number of nitro benzene ring substituents is 1. The molecule has 1 amide bonds. The second kappa shape index (κ2) is 6.67. The molecule has 6 nitrogen and oxygen atoms in total. The van der Waals surface area contributed by atoms with Crippen molar-refractivity contribution in [2.45, 2.75) is 32.9 Å². The van der Waals surface area contributed by atoms with Gasteiger partial charge >= 0.3 is 0 Å². The van der Waals surface area contributed by atoms with Crippen molar-refractivity contribution >= 4 is 11.6 Å². The Morgan fingerprint density at radius 3 is 2.62 bits per heavy atom. The first-order chi connectivity index (χ1) is 9.99. The number of nitrogens with one attached hydrogen (secondary N) is 1. The van der Waals surface area contributed by atoms with Crippen LogP contribution in [0.25, 0.3) is 0 Å². The van der Waals surface area contributed by atoms with Gasteiger partial charge in [-0.3, -0.25) is 20.2 Å². The molecule has 0 saturated carbocycles. The number of benzene rings is 1. The molecule has 1 N–H and O–H groups in total. The molecule has 1 aromatic rings. The van der Waals surface area contributed by atoms with Crippen LogP contribution in [0.3, 0.4) is 0 Å². The minimum atomic E-state index is -0.419. The van der Waals surface area contributed by atoms with E-state index in [-0.39, 0.29) is 17.8 Å². The van der Waals surface area contributed by atoms with Crippen molar-refractivity contribution in [3.63, 3.8) is 0 Å². The van der Waals surface area contributed by atoms with Gasteiger partial charge in [-0.25, -0.2) is 0 Å². The number of carbonyl (C=O) groups is 1. The van der Waals surface area contributed by atoms with Crippen molar-refractivity contribution in [1.29, 1.82) is 0 Å². The molecule has 1 heterocycles. The fraction of sp³-hybridized carbons (Fsp3) is 0.533. The summed E-state index contributed by atoms with van der Waals surface area (Å²) in [6, 6.07) is 6.38. The van der Waals surface area contributed by atoms with E-state index in [1.807, 2.05) is 4.90 Å². The van der Waals surface area contributed by atoms with Gasteiger partial charge in [-0.1, -0.05) is 13.8 Å². The summed E-state index contributed by atoms with van der Waals surface area (Å²) in [4.78, 5) is 24.0. The van der Waals surface area contributed by atoms with Crippen LogP contribution in [0, 0.1) is 16.0 Å². The number of nitro groups is 1. The van der Waals surface area contributed by atoms with E-state index in [9.17, 15) is 14.9 Å². The van der Waals surface area contributed by atoms with Crippen molar-refractivity contribution in [1.82, 2.24) is 10.2 Å². The largest absolute Gasteiger partial charge is 0.322 e. The van der Waals surface area contributed by atoms with Crippen LogP contribution >= 0.6 is 0 Å². The summed E-state index contributed by atoms with van der Waals surface area (Å²) in [6.07, 6.45) is 1.87. The predicted molar refractivity (Wildman–Crippen MR) is 79.6 cm³/mol. The molecule has 0 bridgehead atoms. The lowest BCUT2D eigenvalue weighted by Crippen LogP contribution is -2.31. The van der Waals surface area contributed by atoms with E-state index >= 15 is 0 Å². The van der Waals surface area contributed by atoms with E-state index in [4.69, 9.17) is 0 Å². The van der Waals surface area contributed by atoms with Crippen molar-refractivity contribution in [2.24, 2.45) is 5.92 Å². The second-order valence-electron chi connectivity index (χ2n) is 5.76. The normalized spacial score (nSPS) is 18.5. The Kier molecular flexibility index (Phi) is 4.90. The Labute approximate surface area is 124 Å². The highest BCUT2D eigenvalue weighted by Crippen LogP contribution is 2.25. The summed E-state index contributed by atoms with van der Waals surface area (Å²) in [7, 11) is 0. The highest BCUT2D eigenvalue weighted by molar-refractivity contribution is 5.80. The Morgan fingerprint density at radius 2 is 2.05 bits per heavy atom. The topological polar surface area (TPSA) is 75.5 Å². The number of non-ortho nitro benzene ring substituents is 1. The molecule has 114 valence electrons. The van der Waals surface area contributed by atoms with Gasteiger partial charge in [-0.2, -0.15) is 0 Å². The number of nitrogens with zero attached hydrogens (tertiary/aromatic N) is 2. The van der Waals surface area contributed by atoms with E-state index in [0.29, 0.717) is 19.0 Å². The van der Waals surface area contributed by atoms with Gasteiger partial charge < -0.3 is 4.90 Å². The minimum absolute atomic E-state index is 0.0643. The van der Waals surface area contributed by atoms with Crippen LogP contribution in [0.2, 0.25) is 0 Å². The van der Waals surface area contributed by atoms with Crippen molar-refractivity contribution < 1.29 is 9.72 Å². The zero-order chi connectivity index (χ0) is 15.4. The van der Waals surface area contributed by atoms with Crippen LogP contribution in [0.1, 0.15) is 38.4 Å². The molecule has 2 rings (SSSR count). The number of amides is 1. The zero-order valence-electron chi connectivity index (χ0n) is 12.4. The Balaban J connectivity index is 2.06. The van der Waals surface area contributed by atoms with Gasteiger partial charge in [-0.15, -0.1) is 0 Å². The molecule has 1 aromatic carbocycles. The summed E-state index contributed by atoms with van der Waals surface area (Å²) in [5, 5.41) is 13.8. The van der Waals surface area contributed by atoms with Gasteiger partial charge in [-0.05, 0) is 36.5 Å². The quantitative estimate of drug-likeness (QED) is 0.645. The predicted octanol–water partition coefficient (Wildman–Crippen LogP) is 2.46. The highest BCUT2D eigenvalue weighted by atomic mass is 16.6. The minimum Gasteiger partial charge on any atom is -0.322 e. The smallest absolute Gasteiger partial charge is 0.269 e. The van der Waals surface area contributed by atoms with E-state index in [0.717, 1.165) is 18.4 Å². The Morgan fingerprint density at radius 1 is 1.38 bits per heavy atom. The molecule has 0 aliphatic carbocycles. The molecule has 1 aliphatic heterocycles. The van der Waals surface area contributed by atoms with Crippen LogP contribution in [0.15, 0.2) is 24.3 Å². The molecule has 1 fully saturated rings. The average molecular weight is 291 g/mol. The van der Waals surface area contributed by atoms with Crippen LogP contribution in [0.4, 0.5) is 5.69 Å². The van der Waals surface area contributed by atoms with E-state index in [2.05, 4.69) is 19.2 Å². The standard InChI is InChI=1S/C15H21N3O3/c1-11(2)4-3-9-17-14(19)10-16-15(17)12-5-7-13(8-6-12)18(20)21/h5-8,11,15-16H,3-4,9-10H2,1-2H3. The molecular formula is C15H21N3O3. The molecule has 0 spiro atoms. The van der Waals surface area contributed by atoms with Crippen molar-refractivity contribution in [3.05, 3.63) is 39.9 Å². The number of rotatable bonds is 6. The third-order valence-electron chi connectivity index (χ3n) is 3.68. The molecule has 1 unspecified atom stereocenters. The molecule has 6 heteroatoms. The van der Waals surface area contributed by atoms with Gasteiger partial charge in [0.1, 0.15) is 6.17 Å².